The molecule has 0 aromatic heterocycles. The molecular formula is C5H7KO3S. The summed E-state index contributed by atoms with van der Waals surface area (Å²) in [5, 5.41) is 0. The SMILES string of the molecule is C=CC(C)=CO[S-](=O)=O.[K+]. The summed E-state index contributed by atoms with van der Waals surface area (Å²) in [5.41, 5.74) is 0.666. The van der Waals surface area contributed by atoms with E-state index in [-0.39, 0.29) is 51.4 Å². The van der Waals surface area contributed by atoms with E-state index in [4.69, 9.17) is 0 Å². The van der Waals surface area contributed by atoms with Gasteiger partial charge < -0.3 is 12.6 Å². The first-order valence-electron chi connectivity index (χ1n) is 2.22. The third kappa shape index (κ3) is 8.87. The third-order valence-electron chi connectivity index (χ3n) is 0.635. The summed E-state index contributed by atoms with van der Waals surface area (Å²) in [5.74, 6) is 0. The monoisotopic (exact) mass is 186 g/mol. The number of rotatable bonds is 3. The van der Waals surface area contributed by atoms with E-state index in [2.05, 4.69) is 10.8 Å². The van der Waals surface area contributed by atoms with Crippen LogP contribution in [0.25, 0.3) is 0 Å². The average Bonchev–Trinajstić information content (AvgIpc) is 1.83. The van der Waals surface area contributed by atoms with Crippen molar-refractivity contribution in [3.05, 3.63) is 24.5 Å². The van der Waals surface area contributed by atoms with Crippen LogP contribution >= 0.6 is 0 Å². The maximum atomic E-state index is 9.72. The first kappa shape index (κ1) is 13.5. The van der Waals surface area contributed by atoms with E-state index in [0.29, 0.717) is 5.57 Å². The molecule has 0 unspecified atom stereocenters. The molecule has 0 aliphatic carbocycles. The minimum atomic E-state index is -2.46. The minimum absolute atomic E-state index is 0. The number of allylic oxidation sites excluding steroid dienone is 2. The molecule has 5 heteroatoms. The van der Waals surface area contributed by atoms with Gasteiger partial charge in [-0.2, -0.15) is 0 Å². The predicted molar refractivity (Wildman–Crippen MR) is 33.8 cm³/mol. The third-order valence-corrected chi connectivity index (χ3v) is 0.888. The van der Waals surface area contributed by atoms with Crippen LogP contribution in [0, 0.1) is 0 Å². The molecule has 0 heterocycles. The molecule has 0 saturated heterocycles. The molecule has 0 amide bonds. The molecule has 0 aromatic rings. The van der Waals surface area contributed by atoms with Crippen molar-refractivity contribution >= 4 is 11.0 Å². The van der Waals surface area contributed by atoms with E-state index in [1.165, 1.54) is 6.08 Å². The van der Waals surface area contributed by atoms with E-state index < -0.39 is 11.0 Å². The zero-order valence-electron chi connectivity index (χ0n) is 5.99. The molecule has 0 atom stereocenters. The van der Waals surface area contributed by atoms with Gasteiger partial charge in [0.25, 0.3) is 0 Å². The summed E-state index contributed by atoms with van der Waals surface area (Å²) >= 11 is 0. The van der Waals surface area contributed by atoms with E-state index >= 15 is 0 Å². The van der Waals surface area contributed by atoms with Gasteiger partial charge in [0.05, 0.1) is 6.26 Å². The minimum Gasteiger partial charge on any atom is -0.538 e. The first-order chi connectivity index (χ1) is 4.16. The van der Waals surface area contributed by atoms with Crippen LogP contribution in [0.5, 0.6) is 0 Å². The van der Waals surface area contributed by atoms with Gasteiger partial charge in [0.1, 0.15) is 11.0 Å². The van der Waals surface area contributed by atoms with Crippen LogP contribution in [-0.2, 0) is 23.6 Å². The first-order valence-corrected chi connectivity index (χ1v) is 3.22. The van der Waals surface area contributed by atoms with Crippen molar-refractivity contribution in [2.75, 3.05) is 0 Å². The average molecular weight is 186 g/mol. The molecule has 0 saturated carbocycles. The smallest absolute Gasteiger partial charge is 0.538 e. The second-order valence-corrected chi connectivity index (χ2v) is 1.97. The van der Waals surface area contributed by atoms with Gasteiger partial charge in [-0.15, -0.1) is 0 Å². The maximum absolute atomic E-state index is 9.72. The van der Waals surface area contributed by atoms with E-state index in [0.717, 1.165) is 6.26 Å². The summed E-state index contributed by atoms with van der Waals surface area (Å²) in [6.07, 6.45) is 2.60. The molecule has 10 heavy (non-hydrogen) atoms. The quantitative estimate of drug-likeness (QED) is 0.229. The Morgan fingerprint density at radius 1 is 1.60 bits per heavy atom. The molecule has 0 aliphatic heterocycles. The van der Waals surface area contributed by atoms with Crippen molar-refractivity contribution in [2.45, 2.75) is 6.92 Å². The molecule has 0 rings (SSSR count). The molecule has 0 N–H and O–H groups in total. The van der Waals surface area contributed by atoms with Crippen molar-refractivity contribution in [3.8, 4) is 0 Å². The summed E-state index contributed by atoms with van der Waals surface area (Å²) in [6.45, 7) is 5.07. The molecule has 0 aromatic carbocycles. The van der Waals surface area contributed by atoms with Gasteiger partial charge in [0.2, 0.25) is 0 Å². The summed E-state index contributed by atoms with van der Waals surface area (Å²) in [4.78, 5) is 0. The molecule has 0 fully saturated rings. The van der Waals surface area contributed by atoms with E-state index in [9.17, 15) is 8.42 Å². The topological polar surface area (TPSA) is 43.4 Å². The van der Waals surface area contributed by atoms with Crippen LogP contribution < -0.4 is 51.4 Å². The molecular weight excluding hydrogens is 179 g/mol. The Balaban J connectivity index is 0. The Morgan fingerprint density at radius 2 is 2.10 bits per heavy atom. The fourth-order valence-electron chi connectivity index (χ4n) is 0.163. The fourth-order valence-corrected chi connectivity index (χ4v) is 0.394. The summed E-state index contributed by atoms with van der Waals surface area (Å²) < 4.78 is 23.5. The Labute approximate surface area is 105 Å². The van der Waals surface area contributed by atoms with Gasteiger partial charge >= 0.3 is 51.4 Å². The molecule has 3 nitrogen and oxygen atoms in total. The van der Waals surface area contributed by atoms with Gasteiger partial charge in [-0.25, -0.2) is 0 Å². The predicted octanol–water partition coefficient (Wildman–Crippen LogP) is -1.68. The summed E-state index contributed by atoms with van der Waals surface area (Å²) in [6, 6.07) is 0. The van der Waals surface area contributed by atoms with Gasteiger partial charge in [0, 0.05) is 0 Å². The second kappa shape index (κ2) is 7.97. The van der Waals surface area contributed by atoms with Crippen molar-refractivity contribution in [1.29, 1.82) is 0 Å². The Morgan fingerprint density at radius 3 is 2.40 bits per heavy atom. The zero-order valence-corrected chi connectivity index (χ0v) is 9.93. The molecule has 0 aliphatic rings. The van der Waals surface area contributed by atoms with Crippen molar-refractivity contribution in [1.82, 2.24) is 0 Å². The standard InChI is InChI=1S/C5H7O3S.K/c1-3-5(2)4-8-9(6)7;/h3-4H,1H2,2H3;/q-1;+1. The van der Waals surface area contributed by atoms with Crippen molar-refractivity contribution in [2.24, 2.45) is 0 Å². The van der Waals surface area contributed by atoms with Crippen LogP contribution in [-0.4, -0.2) is 0 Å². The van der Waals surface area contributed by atoms with Crippen molar-refractivity contribution < 1.29 is 64.0 Å². The molecule has 0 spiro atoms. The van der Waals surface area contributed by atoms with Gasteiger partial charge in [-0.3, -0.25) is 0 Å². The Bertz CT molecular complexity index is 187. The van der Waals surface area contributed by atoms with Crippen LogP contribution in [0.15, 0.2) is 24.5 Å². The van der Waals surface area contributed by atoms with Crippen molar-refractivity contribution in [3.63, 3.8) is 0 Å². The molecule has 52 valence electrons. The number of hydrogen-bond acceptors (Lipinski definition) is 4. The Hall–Kier alpha value is 0.866. The van der Waals surface area contributed by atoms with E-state index in [1.807, 2.05) is 0 Å². The Kier molecular flexibility index (Phi) is 10.7. The zero-order chi connectivity index (χ0) is 7.28. The normalized spacial score (nSPS) is 10.4. The fraction of sp³-hybridized carbons (Fsp3) is 0.200. The van der Waals surface area contributed by atoms with Crippen LogP contribution in [0.4, 0.5) is 0 Å². The molecule has 0 bridgehead atoms. The van der Waals surface area contributed by atoms with Crippen LogP contribution in [0.2, 0.25) is 0 Å². The van der Waals surface area contributed by atoms with E-state index in [1.54, 1.807) is 6.92 Å². The molecule has 0 radical (unpaired) electrons. The second-order valence-electron chi connectivity index (χ2n) is 1.37. The van der Waals surface area contributed by atoms with Crippen LogP contribution in [0.1, 0.15) is 6.92 Å². The largest absolute Gasteiger partial charge is 1.00 e. The van der Waals surface area contributed by atoms with Crippen LogP contribution in [0.3, 0.4) is 0 Å². The summed E-state index contributed by atoms with van der Waals surface area (Å²) in [7, 11) is -2.46. The maximum Gasteiger partial charge on any atom is 1.00 e. The number of hydrogen-bond donors (Lipinski definition) is 0. The van der Waals surface area contributed by atoms with Gasteiger partial charge in [-0.05, 0) is 12.5 Å². The van der Waals surface area contributed by atoms with Gasteiger partial charge in [-0.1, -0.05) is 12.7 Å². The van der Waals surface area contributed by atoms with Gasteiger partial charge in [0.15, 0.2) is 0 Å².